The van der Waals surface area contributed by atoms with Gasteiger partial charge in [-0.05, 0) is 89.2 Å². The van der Waals surface area contributed by atoms with Crippen LogP contribution in [0.5, 0.6) is 0 Å². The number of para-hydroxylation sites is 2. The molecule has 11 rings (SSSR count). The molecule has 0 atom stereocenters. The Morgan fingerprint density at radius 3 is 2.30 bits per heavy atom. The van der Waals surface area contributed by atoms with Crippen LogP contribution < -0.4 is 10.9 Å². The van der Waals surface area contributed by atoms with Gasteiger partial charge >= 0.3 is 0 Å². The van der Waals surface area contributed by atoms with Crippen LogP contribution in [-0.4, -0.2) is 11.8 Å². The molecule has 0 bridgehead atoms. The Hall–Kier alpha value is -5.74. The van der Waals surface area contributed by atoms with Gasteiger partial charge in [0.25, 0.3) is 0 Å². The first-order valence-electron chi connectivity index (χ1n) is 16.0. The minimum atomic E-state index is 0.917. The zero-order valence-electron chi connectivity index (χ0n) is 24.9. The van der Waals surface area contributed by atoms with Crippen molar-refractivity contribution in [2.45, 2.75) is 12.8 Å². The van der Waals surface area contributed by atoms with Crippen molar-refractivity contribution in [1.29, 1.82) is 0 Å². The molecule has 46 heavy (non-hydrogen) atoms. The Morgan fingerprint density at radius 2 is 1.37 bits per heavy atom. The van der Waals surface area contributed by atoms with Crippen LogP contribution in [0, 0.1) is 0 Å². The fourth-order valence-corrected chi connectivity index (χ4v) is 8.18. The van der Waals surface area contributed by atoms with Gasteiger partial charge in [0.05, 0.1) is 10.9 Å². The molecule has 0 fully saturated rings. The lowest BCUT2D eigenvalue weighted by Crippen LogP contribution is -2.25. The molecule has 213 valence electrons. The van der Waals surface area contributed by atoms with E-state index >= 15 is 0 Å². The second-order valence-corrected chi connectivity index (χ2v) is 12.5. The predicted octanol–water partition coefficient (Wildman–Crippen LogP) is 9.69. The SMILES string of the molecule is [B]1c2cccc(-c3ccc4c(c3)oc3ccccc34)c2-c2cccc(-n3c4c(c5ccc6oc7ccccc7c6c53)CCC=C4)c21. The van der Waals surface area contributed by atoms with Crippen molar-refractivity contribution in [1.82, 2.24) is 4.57 Å². The summed E-state index contributed by atoms with van der Waals surface area (Å²) in [5.41, 5.74) is 16.2. The molecule has 0 saturated carbocycles. The van der Waals surface area contributed by atoms with E-state index in [9.17, 15) is 0 Å². The molecule has 1 aliphatic carbocycles. The number of hydrogen-bond acceptors (Lipinski definition) is 2. The number of benzene rings is 6. The normalized spacial score (nSPS) is 13.6. The van der Waals surface area contributed by atoms with E-state index in [2.05, 4.69) is 127 Å². The highest BCUT2D eigenvalue weighted by Gasteiger charge is 2.29. The smallest absolute Gasteiger partial charge is 0.195 e. The van der Waals surface area contributed by atoms with Gasteiger partial charge in [-0.15, -0.1) is 0 Å². The number of hydrogen-bond donors (Lipinski definition) is 0. The van der Waals surface area contributed by atoms with Gasteiger partial charge in [0.15, 0.2) is 7.28 Å². The maximum atomic E-state index is 6.39. The summed E-state index contributed by atoms with van der Waals surface area (Å²) in [6.07, 6.45) is 6.72. The Balaban J connectivity index is 1.17. The molecule has 1 radical (unpaired) electrons. The van der Waals surface area contributed by atoms with Crippen molar-refractivity contribution in [2.75, 3.05) is 0 Å². The van der Waals surface area contributed by atoms with Crippen LogP contribution >= 0.6 is 0 Å². The molecule has 4 heteroatoms. The lowest BCUT2D eigenvalue weighted by atomic mass is 9.67. The van der Waals surface area contributed by atoms with Crippen LogP contribution in [0.3, 0.4) is 0 Å². The summed E-state index contributed by atoms with van der Waals surface area (Å²) in [6, 6.07) is 41.2. The lowest BCUT2D eigenvalue weighted by molar-refractivity contribution is 0.668. The number of aryl methyl sites for hydroxylation is 1. The van der Waals surface area contributed by atoms with Crippen molar-refractivity contribution in [3.63, 3.8) is 0 Å². The summed E-state index contributed by atoms with van der Waals surface area (Å²) >= 11 is 0. The molecule has 6 aromatic carbocycles. The minimum absolute atomic E-state index is 0.917. The van der Waals surface area contributed by atoms with Crippen LogP contribution in [0.15, 0.2) is 130 Å². The molecule has 3 nitrogen and oxygen atoms in total. The average Bonchev–Trinajstić information content (AvgIpc) is 3.86. The van der Waals surface area contributed by atoms with Crippen LogP contribution in [-0.2, 0) is 6.42 Å². The van der Waals surface area contributed by atoms with Crippen molar-refractivity contribution in [2.24, 2.45) is 0 Å². The number of aromatic nitrogens is 1. The number of furan rings is 2. The van der Waals surface area contributed by atoms with Crippen molar-refractivity contribution >= 4 is 79.1 Å². The molecular weight excluding hydrogens is 561 g/mol. The third-order valence-electron chi connectivity index (χ3n) is 10.1. The second kappa shape index (κ2) is 8.92. The first-order chi connectivity index (χ1) is 22.8. The first kappa shape index (κ1) is 24.6. The monoisotopic (exact) mass is 586 g/mol. The zero-order valence-corrected chi connectivity index (χ0v) is 24.9. The van der Waals surface area contributed by atoms with Crippen molar-refractivity contribution in [3.05, 3.63) is 133 Å². The maximum absolute atomic E-state index is 6.39. The van der Waals surface area contributed by atoms with Gasteiger partial charge in [0, 0.05) is 32.9 Å². The Kier molecular flexibility index (Phi) is 4.77. The maximum Gasteiger partial charge on any atom is 0.195 e. The van der Waals surface area contributed by atoms with Gasteiger partial charge in [-0.3, -0.25) is 0 Å². The number of rotatable bonds is 2. The molecule has 0 saturated heterocycles. The highest BCUT2D eigenvalue weighted by molar-refractivity contribution is 6.74. The van der Waals surface area contributed by atoms with Crippen LogP contribution in [0.2, 0.25) is 0 Å². The molecule has 2 aliphatic rings. The lowest BCUT2D eigenvalue weighted by Gasteiger charge is -2.17. The predicted molar refractivity (Wildman–Crippen MR) is 191 cm³/mol. The van der Waals surface area contributed by atoms with Crippen molar-refractivity contribution in [3.8, 4) is 27.9 Å². The molecule has 0 spiro atoms. The van der Waals surface area contributed by atoms with E-state index in [0.29, 0.717) is 0 Å². The summed E-state index contributed by atoms with van der Waals surface area (Å²) in [5, 5.41) is 5.96. The number of allylic oxidation sites excluding steroid dienone is 1. The molecule has 9 aromatic rings. The second-order valence-electron chi connectivity index (χ2n) is 12.5. The van der Waals surface area contributed by atoms with Gasteiger partial charge < -0.3 is 13.4 Å². The van der Waals surface area contributed by atoms with Crippen LogP contribution in [0.4, 0.5) is 0 Å². The summed E-state index contributed by atoms with van der Waals surface area (Å²) in [6.45, 7) is 0. The summed E-state index contributed by atoms with van der Waals surface area (Å²) in [4.78, 5) is 0. The summed E-state index contributed by atoms with van der Waals surface area (Å²) in [5.74, 6) is 0. The van der Waals surface area contributed by atoms with E-state index in [1.165, 1.54) is 60.8 Å². The Labute approximate surface area is 265 Å². The van der Waals surface area contributed by atoms with Gasteiger partial charge in [-0.2, -0.15) is 0 Å². The van der Waals surface area contributed by atoms with Gasteiger partial charge in [-0.1, -0.05) is 89.8 Å². The van der Waals surface area contributed by atoms with Gasteiger partial charge in [0.2, 0.25) is 0 Å². The van der Waals surface area contributed by atoms with E-state index in [1.807, 2.05) is 12.1 Å². The fourth-order valence-electron chi connectivity index (χ4n) is 8.18. The third-order valence-corrected chi connectivity index (χ3v) is 10.1. The molecule has 0 unspecified atom stereocenters. The van der Waals surface area contributed by atoms with E-state index in [1.54, 1.807) is 0 Å². The van der Waals surface area contributed by atoms with Crippen molar-refractivity contribution < 1.29 is 8.83 Å². The Bertz CT molecular complexity index is 2790. The highest BCUT2D eigenvalue weighted by Crippen LogP contribution is 2.43. The molecule has 0 amide bonds. The fraction of sp³-hybridized carbons (Fsp3) is 0.0476. The number of nitrogens with zero attached hydrogens (tertiary/aromatic N) is 1. The van der Waals surface area contributed by atoms with Gasteiger partial charge in [-0.25, -0.2) is 0 Å². The average molecular weight is 586 g/mol. The quantitative estimate of drug-likeness (QED) is 0.189. The highest BCUT2D eigenvalue weighted by atomic mass is 16.3. The topological polar surface area (TPSA) is 31.2 Å². The molecule has 4 heterocycles. The standard InChI is InChI=1S/C42H25BNO2/c1-4-15-33-26(9-1)29-21-22-37-40(30-11-3-6-18-36(30)45-37)42(29)44(33)34-16-8-13-31-39-25(12-7-14-32(39)43-41(31)34)24-19-20-28-27-10-2-5-17-35(27)46-38(28)23-24/h2-8,10-23H,1,9H2. The zero-order chi connectivity index (χ0) is 29.9. The van der Waals surface area contributed by atoms with E-state index in [-0.39, 0.29) is 0 Å². The summed E-state index contributed by atoms with van der Waals surface area (Å²) in [7, 11) is 2.38. The summed E-state index contributed by atoms with van der Waals surface area (Å²) < 4.78 is 15.2. The Morgan fingerprint density at radius 1 is 0.609 bits per heavy atom. The minimum Gasteiger partial charge on any atom is -0.456 e. The van der Waals surface area contributed by atoms with E-state index in [0.717, 1.165) is 56.9 Å². The molecule has 1 aliphatic heterocycles. The number of fused-ring (bicyclic) bond motifs is 13. The van der Waals surface area contributed by atoms with Crippen LogP contribution in [0.25, 0.3) is 88.8 Å². The molecule has 0 N–H and O–H groups in total. The van der Waals surface area contributed by atoms with E-state index in [4.69, 9.17) is 8.83 Å². The molecular formula is C42H25BNO2. The van der Waals surface area contributed by atoms with Gasteiger partial charge in [0.1, 0.15) is 22.3 Å². The first-order valence-corrected chi connectivity index (χ1v) is 16.0. The molecule has 3 aromatic heterocycles. The third kappa shape index (κ3) is 3.18. The van der Waals surface area contributed by atoms with Crippen LogP contribution in [0.1, 0.15) is 17.7 Å². The van der Waals surface area contributed by atoms with E-state index < -0.39 is 0 Å². The largest absolute Gasteiger partial charge is 0.456 e.